The summed E-state index contributed by atoms with van der Waals surface area (Å²) in [7, 11) is 0. The number of carbonyl (C=O) groups is 2. The molecule has 4 nitrogen and oxygen atoms in total. The highest BCUT2D eigenvalue weighted by atomic mass is 79.9. The summed E-state index contributed by atoms with van der Waals surface area (Å²) >= 11 is 6.78. The van der Waals surface area contributed by atoms with Crippen molar-refractivity contribution in [3.63, 3.8) is 0 Å². The van der Waals surface area contributed by atoms with Crippen LogP contribution in [0.2, 0.25) is 0 Å². The lowest BCUT2D eigenvalue weighted by molar-refractivity contribution is -0.119. The highest BCUT2D eigenvalue weighted by Gasteiger charge is 2.25. The van der Waals surface area contributed by atoms with Crippen LogP contribution in [0.4, 0.5) is 0 Å². The summed E-state index contributed by atoms with van der Waals surface area (Å²) in [6, 6.07) is 15.4. The molecule has 3 rings (SSSR count). The van der Waals surface area contributed by atoms with Gasteiger partial charge in [0.15, 0.2) is 11.6 Å². The predicted octanol–water partition coefficient (Wildman–Crippen LogP) is 4.83. The molecule has 0 aromatic heterocycles. The van der Waals surface area contributed by atoms with Crippen LogP contribution in [-0.4, -0.2) is 24.7 Å². The zero-order valence-electron chi connectivity index (χ0n) is 15.1. The summed E-state index contributed by atoms with van der Waals surface area (Å²) in [5, 5.41) is 3.00. The molecule has 1 N–H and O–H groups in total. The first-order valence-corrected chi connectivity index (χ1v) is 10.5. The van der Waals surface area contributed by atoms with E-state index in [0.717, 1.165) is 20.1 Å². The molecule has 1 aliphatic heterocycles. The minimum atomic E-state index is -0.354. The smallest absolute Gasteiger partial charge is 0.202 e. The summed E-state index contributed by atoms with van der Waals surface area (Å²) < 4.78 is 7.43. The van der Waals surface area contributed by atoms with Crippen molar-refractivity contribution in [2.45, 2.75) is 12.8 Å². The molecule has 0 bridgehead atoms. The van der Waals surface area contributed by atoms with Crippen molar-refractivity contribution < 1.29 is 14.3 Å². The van der Waals surface area contributed by atoms with Crippen LogP contribution in [0.3, 0.4) is 0 Å². The van der Waals surface area contributed by atoms with E-state index in [2.05, 4.69) is 37.2 Å². The van der Waals surface area contributed by atoms with Gasteiger partial charge < -0.3 is 10.1 Å². The average Bonchev–Trinajstić information content (AvgIpc) is 3.21. The first-order chi connectivity index (χ1) is 13.5. The van der Waals surface area contributed by atoms with Gasteiger partial charge in [-0.05, 0) is 47.9 Å². The molecular formula is C22H19Br2NO3. The van der Waals surface area contributed by atoms with Gasteiger partial charge in [0, 0.05) is 15.4 Å². The molecular weight excluding hydrogens is 486 g/mol. The van der Waals surface area contributed by atoms with E-state index >= 15 is 0 Å². The van der Waals surface area contributed by atoms with Crippen LogP contribution < -0.4 is 5.32 Å². The quantitative estimate of drug-likeness (QED) is 0.333. The first kappa shape index (κ1) is 20.6. The summed E-state index contributed by atoms with van der Waals surface area (Å²) in [4.78, 5) is 25.6. The molecule has 0 saturated carbocycles. The standard InChI is InChI=1S/C22H19Br2NO3/c23-17-7-1-15(2-8-17)5-11-19(26)21(22-25-13-14-28-22)20(27)12-6-16-3-9-18(24)10-4-16/h1-5,7-11,25H,6,12-14H2/b11-5+,22-21+. The van der Waals surface area contributed by atoms with Gasteiger partial charge in [-0.3, -0.25) is 9.59 Å². The second-order valence-electron chi connectivity index (χ2n) is 6.28. The molecule has 0 radical (unpaired) electrons. The lowest BCUT2D eigenvalue weighted by Crippen LogP contribution is -2.19. The molecule has 0 unspecified atom stereocenters. The van der Waals surface area contributed by atoms with Gasteiger partial charge in [-0.15, -0.1) is 0 Å². The maximum Gasteiger partial charge on any atom is 0.202 e. The number of halogens is 2. The number of nitrogens with one attached hydrogen (secondary N) is 1. The molecule has 0 spiro atoms. The van der Waals surface area contributed by atoms with Crippen molar-refractivity contribution >= 4 is 49.5 Å². The van der Waals surface area contributed by atoms with E-state index in [9.17, 15) is 9.59 Å². The van der Waals surface area contributed by atoms with Gasteiger partial charge in [0.05, 0.1) is 6.54 Å². The fourth-order valence-corrected chi connectivity index (χ4v) is 3.30. The number of aryl methyl sites for hydroxylation is 1. The Labute approximate surface area is 180 Å². The zero-order chi connectivity index (χ0) is 19.9. The van der Waals surface area contributed by atoms with Crippen LogP contribution in [0.1, 0.15) is 17.5 Å². The molecule has 1 fully saturated rings. The molecule has 1 heterocycles. The number of Topliss-reactive ketones (excluding diaryl/α,β-unsaturated/α-hetero) is 1. The molecule has 1 aliphatic rings. The van der Waals surface area contributed by atoms with Gasteiger partial charge in [-0.1, -0.05) is 62.2 Å². The summed E-state index contributed by atoms with van der Waals surface area (Å²) in [5.41, 5.74) is 2.01. The number of ketones is 2. The minimum absolute atomic E-state index is 0.0861. The number of ether oxygens (including phenoxy) is 1. The summed E-state index contributed by atoms with van der Waals surface area (Å²) in [5.74, 6) is -0.294. The number of benzene rings is 2. The van der Waals surface area contributed by atoms with Crippen LogP contribution in [0.25, 0.3) is 6.08 Å². The fourth-order valence-electron chi connectivity index (χ4n) is 2.77. The summed E-state index contributed by atoms with van der Waals surface area (Å²) in [6.45, 7) is 1.03. The highest BCUT2D eigenvalue weighted by molar-refractivity contribution is 9.10. The number of carbonyl (C=O) groups excluding carboxylic acids is 2. The van der Waals surface area contributed by atoms with Crippen LogP contribution >= 0.6 is 31.9 Å². The third kappa shape index (κ3) is 5.66. The van der Waals surface area contributed by atoms with E-state index in [-0.39, 0.29) is 29.4 Å². The van der Waals surface area contributed by atoms with E-state index in [0.29, 0.717) is 19.6 Å². The number of allylic oxidation sites excluding steroid dienone is 2. The molecule has 2 aromatic carbocycles. The molecule has 144 valence electrons. The second-order valence-corrected chi connectivity index (χ2v) is 8.11. The molecule has 0 atom stereocenters. The van der Waals surface area contributed by atoms with Crippen LogP contribution in [0, 0.1) is 0 Å². The monoisotopic (exact) mass is 503 g/mol. The Hall–Kier alpha value is -2.18. The van der Waals surface area contributed by atoms with Crippen LogP contribution in [0.5, 0.6) is 0 Å². The number of hydrogen-bond donors (Lipinski definition) is 1. The van der Waals surface area contributed by atoms with E-state index in [1.807, 2.05) is 48.5 Å². The molecule has 0 amide bonds. The molecule has 6 heteroatoms. The maximum absolute atomic E-state index is 12.8. The highest BCUT2D eigenvalue weighted by Crippen LogP contribution is 2.17. The minimum Gasteiger partial charge on any atom is -0.477 e. The topological polar surface area (TPSA) is 55.4 Å². The van der Waals surface area contributed by atoms with Crippen molar-refractivity contribution in [3.05, 3.63) is 86.1 Å². The zero-order valence-corrected chi connectivity index (χ0v) is 18.3. The second kappa shape index (κ2) is 9.85. The van der Waals surface area contributed by atoms with Gasteiger partial charge in [0.1, 0.15) is 12.2 Å². The third-order valence-electron chi connectivity index (χ3n) is 4.24. The first-order valence-electron chi connectivity index (χ1n) is 8.89. The Morgan fingerprint density at radius 3 is 2.25 bits per heavy atom. The van der Waals surface area contributed by atoms with Gasteiger partial charge in [0.2, 0.25) is 5.88 Å². The van der Waals surface area contributed by atoms with Gasteiger partial charge in [-0.25, -0.2) is 0 Å². The largest absolute Gasteiger partial charge is 0.477 e. The summed E-state index contributed by atoms with van der Waals surface area (Å²) in [6.07, 6.45) is 3.93. The van der Waals surface area contributed by atoms with Gasteiger partial charge in [-0.2, -0.15) is 0 Å². The number of rotatable bonds is 7. The third-order valence-corrected chi connectivity index (χ3v) is 5.29. The van der Waals surface area contributed by atoms with Crippen LogP contribution in [-0.2, 0) is 20.7 Å². The van der Waals surface area contributed by atoms with Crippen molar-refractivity contribution in [1.82, 2.24) is 5.32 Å². The lowest BCUT2D eigenvalue weighted by Gasteiger charge is -2.08. The Kier molecular flexibility index (Phi) is 7.23. The van der Waals surface area contributed by atoms with E-state index in [4.69, 9.17) is 4.74 Å². The molecule has 0 aliphatic carbocycles. The van der Waals surface area contributed by atoms with Gasteiger partial charge in [0.25, 0.3) is 0 Å². The van der Waals surface area contributed by atoms with Crippen molar-refractivity contribution in [1.29, 1.82) is 0 Å². The average molecular weight is 505 g/mol. The van der Waals surface area contributed by atoms with Gasteiger partial charge >= 0.3 is 0 Å². The molecule has 1 saturated heterocycles. The normalized spacial score (nSPS) is 15.2. The van der Waals surface area contributed by atoms with Crippen molar-refractivity contribution in [2.75, 3.05) is 13.2 Å². The molecule has 2 aromatic rings. The van der Waals surface area contributed by atoms with E-state index in [1.54, 1.807) is 6.08 Å². The Morgan fingerprint density at radius 1 is 1.00 bits per heavy atom. The Bertz CT molecular complexity index is 908. The van der Waals surface area contributed by atoms with E-state index < -0.39 is 0 Å². The van der Waals surface area contributed by atoms with Crippen LogP contribution in [0.15, 0.2) is 75.0 Å². The Morgan fingerprint density at radius 2 is 1.64 bits per heavy atom. The Balaban J connectivity index is 1.74. The lowest BCUT2D eigenvalue weighted by atomic mass is 9.99. The number of hydrogen-bond acceptors (Lipinski definition) is 4. The predicted molar refractivity (Wildman–Crippen MR) is 117 cm³/mol. The maximum atomic E-state index is 12.8. The van der Waals surface area contributed by atoms with E-state index in [1.165, 1.54) is 6.08 Å². The van der Waals surface area contributed by atoms with Crippen molar-refractivity contribution in [3.8, 4) is 0 Å². The van der Waals surface area contributed by atoms with Crippen molar-refractivity contribution in [2.24, 2.45) is 0 Å². The fraction of sp³-hybridized carbons (Fsp3) is 0.182. The molecule has 28 heavy (non-hydrogen) atoms. The SMILES string of the molecule is O=C(/C=C/c1ccc(Br)cc1)/C(C(=O)CCc1ccc(Br)cc1)=C1/NCCO1.